The Labute approximate surface area is 256 Å². The summed E-state index contributed by atoms with van der Waals surface area (Å²) in [6.45, 7) is 2.31. The molecule has 4 N–H and O–H groups in total. The van der Waals surface area contributed by atoms with Crippen molar-refractivity contribution in [2.75, 3.05) is 43.5 Å². The van der Waals surface area contributed by atoms with Gasteiger partial charge in [0, 0.05) is 30.3 Å². The Hall–Kier alpha value is -5.48. The summed E-state index contributed by atoms with van der Waals surface area (Å²) in [6, 6.07) is 19.7. The quantitative estimate of drug-likeness (QED) is 0.108. The van der Waals surface area contributed by atoms with E-state index in [4.69, 9.17) is 24.7 Å². The summed E-state index contributed by atoms with van der Waals surface area (Å²) < 4.78 is 23.8. The van der Waals surface area contributed by atoms with Crippen LogP contribution in [-0.4, -0.2) is 37.8 Å². The Bertz CT molecular complexity index is 1600. The molecule has 0 saturated heterocycles. The minimum atomic E-state index is -0.435. The zero-order chi connectivity index (χ0) is 30.6. The largest absolute Gasteiger partial charge is 0.496 e. The van der Waals surface area contributed by atoms with Crippen LogP contribution in [-0.2, 0) is 4.74 Å². The van der Waals surface area contributed by atoms with E-state index in [0.717, 1.165) is 29.3 Å². The normalized spacial score (nSPS) is 14.7. The molecule has 3 aromatic rings. The van der Waals surface area contributed by atoms with Crippen LogP contribution in [0.3, 0.4) is 0 Å². The molecular formula is C34H35N4O6+. The second-order valence-corrected chi connectivity index (χ2v) is 9.86. The van der Waals surface area contributed by atoms with Gasteiger partial charge in [0.2, 0.25) is 5.88 Å². The summed E-state index contributed by atoms with van der Waals surface area (Å²) >= 11 is 0. The second-order valence-electron chi connectivity index (χ2n) is 9.86. The van der Waals surface area contributed by atoms with E-state index in [-0.39, 0.29) is 12.3 Å². The standard InChI is InChI=1S/C34H34N4O6/c35-26-15-18-31-33(24-26)44-34(37(31)20-23-42-29-10-4-1-2-5-11-29)14-8-9-21-43-32-25-27(38(39)40)16-17-30(32)36-19-22-41-28-12-6-3-7-13-28/h1-10,12-18,24-25,36H,11,19-23,35H2/p+1/b9-8+,34-14-. The summed E-state index contributed by atoms with van der Waals surface area (Å²) in [5.41, 5.74) is 8.23. The third kappa shape index (κ3) is 8.30. The number of quaternary nitrogens is 1. The Morgan fingerprint density at radius 3 is 2.75 bits per heavy atom. The van der Waals surface area contributed by atoms with Crippen LogP contribution in [0.2, 0.25) is 0 Å². The Morgan fingerprint density at radius 1 is 1.00 bits per heavy atom. The number of ether oxygens (including phenoxy) is 4. The van der Waals surface area contributed by atoms with E-state index < -0.39 is 4.92 Å². The van der Waals surface area contributed by atoms with Crippen LogP contribution < -0.4 is 30.2 Å². The van der Waals surface area contributed by atoms with E-state index in [0.29, 0.717) is 49.4 Å². The molecule has 10 nitrogen and oxygen atoms in total. The number of hydrogen-bond acceptors (Lipinski definition) is 8. The van der Waals surface area contributed by atoms with Gasteiger partial charge >= 0.3 is 0 Å². The summed E-state index contributed by atoms with van der Waals surface area (Å²) in [7, 11) is 0. The molecule has 1 heterocycles. The molecule has 0 atom stereocenters. The highest BCUT2D eigenvalue weighted by molar-refractivity contribution is 5.70. The molecule has 0 unspecified atom stereocenters. The lowest BCUT2D eigenvalue weighted by Gasteiger charge is -2.19. The molecule has 1 aliphatic heterocycles. The number of benzene rings is 3. The molecular weight excluding hydrogens is 560 g/mol. The van der Waals surface area contributed by atoms with Crippen LogP contribution in [0.15, 0.2) is 127 Å². The van der Waals surface area contributed by atoms with Gasteiger partial charge in [0.05, 0.1) is 29.0 Å². The van der Waals surface area contributed by atoms with Crippen LogP contribution in [0.4, 0.5) is 22.7 Å². The molecule has 0 bridgehead atoms. The minimum absolute atomic E-state index is 0.0373. The molecule has 5 rings (SSSR count). The fraction of sp³-hybridized carbons (Fsp3) is 0.176. The van der Waals surface area contributed by atoms with Gasteiger partial charge in [0.1, 0.15) is 32.1 Å². The number of fused-ring (bicyclic) bond motifs is 1. The van der Waals surface area contributed by atoms with Crippen molar-refractivity contribution in [3.63, 3.8) is 0 Å². The summed E-state index contributed by atoms with van der Waals surface area (Å²) in [6.07, 6.45) is 16.2. The lowest BCUT2D eigenvalue weighted by molar-refractivity contribution is -0.573. The first-order chi connectivity index (χ1) is 21.6. The number of allylic oxidation sites excluding steroid dienone is 7. The molecule has 1 aliphatic carbocycles. The molecule has 0 radical (unpaired) electrons. The molecule has 10 heteroatoms. The zero-order valence-corrected chi connectivity index (χ0v) is 24.2. The Morgan fingerprint density at radius 2 is 1.89 bits per heavy atom. The fourth-order valence-corrected chi connectivity index (χ4v) is 4.59. The number of non-ortho nitro benzene ring substituents is 1. The first-order valence-corrected chi connectivity index (χ1v) is 14.4. The Balaban J connectivity index is 1.19. The fourth-order valence-electron chi connectivity index (χ4n) is 4.59. The number of nitro groups is 1. The van der Waals surface area contributed by atoms with Crippen LogP contribution in [0.5, 0.6) is 17.2 Å². The van der Waals surface area contributed by atoms with Crippen LogP contribution in [0, 0.1) is 10.1 Å². The predicted molar refractivity (Wildman–Crippen MR) is 170 cm³/mol. The predicted octanol–water partition coefficient (Wildman–Crippen LogP) is 5.54. The molecule has 0 amide bonds. The van der Waals surface area contributed by atoms with Crippen molar-refractivity contribution in [2.24, 2.45) is 0 Å². The van der Waals surface area contributed by atoms with E-state index in [1.54, 1.807) is 12.1 Å². The number of nitro benzene ring substituents is 1. The number of hydrogen-bond donors (Lipinski definition) is 2. The molecule has 0 aromatic heterocycles. The maximum Gasteiger partial charge on any atom is 0.273 e. The first kappa shape index (κ1) is 30.0. The number of anilines is 2. The van der Waals surface area contributed by atoms with Gasteiger partial charge in [0.15, 0.2) is 17.2 Å². The Kier molecular flexibility index (Phi) is 10.3. The highest BCUT2D eigenvalue weighted by atomic mass is 16.6. The van der Waals surface area contributed by atoms with Crippen molar-refractivity contribution < 1.29 is 29.2 Å². The SMILES string of the molecule is Nc1ccc2c(c1)O/C(=C\C=C\COc1cc([N+](=O)[O-])ccc1[NH2+]CCOc1ccccc1)N2CCOC1=CC=CC=CC1. The monoisotopic (exact) mass is 595 g/mol. The number of rotatable bonds is 14. The van der Waals surface area contributed by atoms with Gasteiger partial charge in [-0.25, -0.2) is 0 Å². The molecule has 44 heavy (non-hydrogen) atoms. The first-order valence-electron chi connectivity index (χ1n) is 14.4. The van der Waals surface area contributed by atoms with Crippen molar-refractivity contribution >= 4 is 22.7 Å². The van der Waals surface area contributed by atoms with Crippen LogP contribution in [0.1, 0.15) is 6.42 Å². The summed E-state index contributed by atoms with van der Waals surface area (Å²) in [4.78, 5) is 13.0. The zero-order valence-electron chi connectivity index (χ0n) is 24.2. The highest BCUT2D eigenvalue weighted by Gasteiger charge is 2.26. The van der Waals surface area contributed by atoms with Gasteiger partial charge in [-0.2, -0.15) is 0 Å². The minimum Gasteiger partial charge on any atom is -0.496 e. The second kappa shape index (κ2) is 15.1. The number of nitrogens with zero attached hydrogens (tertiary/aromatic N) is 2. The summed E-state index contributed by atoms with van der Waals surface area (Å²) in [5.74, 6) is 3.41. The van der Waals surface area contributed by atoms with Gasteiger partial charge in [-0.3, -0.25) is 10.1 Å². The smallest absolute Gasteiger partial charge is 0.273 e. The van der Waals surface area contributed by atoms with Crippen molar-refractivity contribution in [2.45, 2.75) is 6.42 Å². The average Bonchev–Trinajstić information content (AvgIpc) is 3.17. The number of nitrogen functional groups attached to an aromatic ring is 1. The topological polar surface area (TPSA) is 126 Å². The molecule has 0 spiro atoms. The third-order valence-electron chi connectivity index (χ3n) is 6.73. The van der Waals surface area contributed by atoms with Crippen molar-refractivity contribution in [1.29, 1.82) is 0 Å². The van der Waals surface area contributed by atoms with Gasteiger partial charge in [-0.1, -0.05) is 48.6 Å². The lowest BCUT2D eigenvalue weighted by Crippen LogP contribution is -2.79. The maximum absolute atomic E-state index is 11.4. The van der Waals surface area contributed by atoms with Crippen molar-refractivity contribution in [3.05, 3.63) is 137 Å². The van der Waals surface area contributed by atoms with Gasteiger partial charge in [0.25, 0.3) is 5.69 Å². The molecule has 0 fully saturated rings. The van der Waals surface area contributed by atoms with Crippen molar-refractivity contribution in [1.82, 2.24) is 0 Å². The molecule has 3 aromatic carbocycles. The third-order valence-corrected chi connectivity index (χ3v) is 6.73. The van der Waals surface area contributed by atoms with Crippen LogP contribution >= 0.6 is 0 Å². The van der Waals surface area contributed by atoms with E-state index in [1.165, 1.54) is 12.1 Å². The molecule has 0 saturated carbocycles. The number of nitrogens with two attached hydrogens (primary N) is 2. The summed E-state index contributed by atoms with van der Waals surface area (Å²) in [5, 5.41) is 13.3. The van der Waals surface area contributed by atoms with E-state index >= 15 is 0 Å². The van der Waals surface area contributed by atoms with Gasteiger partial charge < -0.3 is 34.9 Å². The van der Waals surface area contributed by atoms with Crippen LogP contribution in [0.25, 0.3) is 0 Å². The molecule has 2 aliphatic rings. The van der Waals surface area contributed by atoms with Crippen molar-refractivity contribution in [3.8, 4) is 17.2 Å². The maximum atomic E-state index is 11.4. The van der Waals surface area contributed by atoms with Gasteiger partial charge in [-0.05, 0) is 42.5 Å². The van der Waals surface area contributed by atoms with E-state index in [9.17, 15) is 10.1 Å². The lowest BCUT2D eigenvalue weighted by atomic mass is 10.2. The highest BCUT2D eigenvalue weighted by Crippen LogP contribution is 2.40. The van der Waals surface area contributed by atoms with E-state index in [1.807, 2.05) is 95.2 Å². The molecule has 226 valence electrons. The average molecular weight is 596 g/mol. The van der Waals surface area contributed by atoms with Gasteiger partial charge in [-0.15, -0.1) is 0 Å². The number of para-hydroxylation sites is 1. The van der Waals surface area contributed by atoms with E-state index in [2.05, 4.69) is 6.08 Å².